The maximum absolute atomic E-state index is 4.47. The third-order valence-electron chi connectivity index (χ3n) is 3.30. The van der Waals surface area contributed by atoms with Crippen LogP contribution in [0.3, 0.4) is 0 Å². The summed E-state index contributed by atoms with van der Waals surface area (Å²) in [6.07, 6.45) is 3.03. The molecule has 1 N–H and O–H groups in total. The third kappa shape index (κ3) is 3.81. The van der Waals surface area contributed by atoms with E-state index in [0.717, 1.165) is 31.0 Å². The molecular formula is C17H23N3. The van der Waals surface area contributed by atoms with Gasteiger partial charge in [0.15, 0.2) is 0 Å². The highest BCUT2D eigenvalue weighted by molar-refractivity contribution is 5.60. The van der Waals surface area contributed by atoms with Gasteiger partial charge in [0.2, 0.25) is 0 Å². The van der Waals surface area contributed by atoms with E-state index in [2.05, 4.69) is 72.5 Å². The van der Waals surface area contributed by atoms with Crippen molar-refractivity contribution >= 4 is 11.5 Å². The number of nitrogens with one attached hydrogen (secondary N) is 1. The highest BCUT2D eigenvalue weighted by Gasteiger charge is 2.06. The Morgan fingerprint density at radius 1 is 1.20 bits per heavy atom. The molecule has 0 saturated heterocycles. The van der Waals surface area contributed by atoms with Crippen LogP contribution in [0, 0.1) is 6.92 Å². The Balaban J connectivity index is 2.13. The summed E-state index contributed by atoms with van der Waals surface area (Å²) in [7, 11) is 2.06. The molecule has 1 aromatic heterocycles. The van der Waals surface area contributed by atoms with E-state index in [-0.39, 0.29) is 0 Å². The van der Waals surface area contributed by atoms with Gasteiger partial charge >= 0.3 is 0 Å². The minimum atomic E-state index is 0.894. The Hall–Kier alpha value is -1.87. The average molecular weight is 269 g/mol. The average Bonchev–Trinajstić information content (AvgIpc) is 2.47. The molecule has 3 nitrogen and oxygen atoms in total. The van der Waals surface area contributed by atoms with E-state index in [1.807, 2.05) is 6.20 Å². The number of anilines is 2. The van der Waals surface area contributed by atoms with Crippen molar-refractivity contribution in [3.05, 3.63) is 53.7 Å². The molecule has 1 heterocycles. The number of benzene rings is 1. The van der Waals surface area contributed by atoms with Crippen LogP contribution in [0.1, 0.15) is 24.5 Å². The molecular weight excluding hydrogens is 246 g/mol. The Morgan fingerprint density at radius 2 is 2.05 bits per heavy atom. The van der Waals surface area contributed by atoms with Gasteiger partial charge in [-0.05, 0) is 55.3 Å². The first-order valence-corrected chi connectivity index (χ1v) is 7.16. The molecule has 0 atom stereocenters. The maximum atomic E-state index is 4.47. The zero-order valence-corrected chi connectivity index (χ0v) is 12.6. The summed E-state index contributed by atoms with van der Waals surface area (Å²) in [5, 5.41) is 3.42. The lowest BCUT2D eigenvalue weighted by molar-refractivity contribution is 0.675. The van der Waals surface area contributed by atoms with Crippen LogP contribution in [0.5, 0.6) is 0 Å². The van der Waals surface area contributed by atoms with Gasteiger partial charge in [0.05, 0.1) is 0 Å². The fourth-order valence-corrected chi connectivity index (χ4v) is 2.13. The lowest BCUT2D eigenvalue weighted by Crippen LogP contribution is -2.15. The molecule has 106 valence electrons. The van der Waals surface area contributed by atoms with E-state index in [1.165, 1.54) is 11.1 Å². The number of pyridine rings is 1. The number of nitrogens with zero attached hydrogens (tertiary/aromatic N) is 2. The Morgan fingerprint density at radius 3 is 2.80 bits per heavy atom. The van der Waals surface area contributed by atoms with Gasteiger partial charge in [0.25, 0.3) is 0 Å². The Kier molecular flexibility index (Phi) is 5.13. The van der Waals surface area contributed by atoms with Crippen LogP contribution in [0.2, 0.25) is 0 Å². The zero-order chi connectivity index (χ0) is 14.4. The fourth-order valence-electron chi connectivity index (χ4n) is 2.13. The van der Waals surface area contributed by atoms with Gasteiger partial charge in [0.1, 0.15) is 5.82 Å². The fraction of sp³-hybridized carbons (Fsp3) is 0.353. The minimum absolute atomic E-state index is 0.894. The molecule has 1 aromatic carbocycles. The summed E-state index contributed by atoms with van der Waals surface area (Å²) in [4.78, 5) is 6.59. The second kappa shape index (κ2) is 7.06. The van der Waals surface area contributed by atoms with Crippen molar-refractivity contribution in [2.24, 2.45) is 0 Å². The number of rotatable bonds is 6. The molecule has 0 aliphatic heterocycles. The summed E-state index contributed by atoms with van der Waals surface area (Å²) in [6, 6.07) is 12.7. The monoisotopic (exact) mass is 269 g/mol. The van der Waals surface area contributed by atoms with E-state index in [4.69, 9.17) is 0 Å². The quantitative estimate of drug-likeness (QED) is 0.811. The second-order valence-corrected chi connectivity index (χ2v) is 5.10. The lowest BCUT2D eigenvalue weighted by Gasteiger charge is -2.19. The van der Waals surface area contributed by atoms with Crippen LogP contribution in [0.4, 0.5) is 11.5 Å². The summed E-state index contributed by atoms with van der Waals surface area (Å²) >= 11 is 0. The van der Waals surface area contributed by atoms with Crippen LogP contribution in [0.15, 0.2) is 42.6 Å². The maximum Gasteiger partial charge on any atom is 0.132 e. The molecule has 3 heteroatoms. The van der Waals surface area contributed by atoms with Gasteiger partial charge in [-0.15, -0.1) is 0 Å². The van der Waals surface area contributed by atoms with Crippen LogP contribution in [0.25, 0.3) is 0 Å². The first-order valence-electron chi connectivity index (χ1n) is 7.16. The molecule has 0 unspecified atom stereocenters. The van der Waals surface area contributed by atoms with Crippen LogP contribution in [-0.4, -0.2) is 18.6 Å². The number of hydrogen-bond acceptors (Lipinski definition) is 3. The molecule has 0 aliphatic rings. The summed E-state index contributed by atoms with van der Waals surface area (Å²) in [6.45, 7) is 6.22. The van der Waals surface area contributed by atoms with Crippen molar-refractivity contribution in [2.75, 3.05) is 18.5 Å². The van der Waals surface area contributed by atoms with E-state index in [1.54, 1.807) is 0 Å². The molecule has 0 fully saturated rings. The smallest absolute Gasteiger partial charge is 0.132 e. The molecule has 20 heavy (non-hydrogen) atoms. The highest BCUT2D eigenvalue weighted by Crippen LogP contribution is 2.22. The van der Waals surface area contributed by atoms with Crippen molar-refractivity contribution < 1.29 is 0 Å². The van der Waals surface area contributed by atoms with Crippen molar-refractivity contribution in [3.63, 3.8) is 0 Å². The lowest BCUT2D eigenvalue weighted by atomic mass is 10.2. The molecule has 0 bridgehead atoms. The van der Waals surface area contributed by atoms with E-state index >= 15 is 0 Å². The van der Waals surface area contributed by atoms with Crippen LogP contribution in [-0.2, 0) is 6.54 Å². The van der Waals surface area contributed by atoms with Crippen molar-refractivity contribution in [1.82, 2.24) is 10.3 Å². The van der Waals surface area contributed by atoms with Gasteiger partial charge in [-0.2, -0.15) is 0 Å². The minimum Gasteiger partial charge on any atom is -0.329 e. The van der Waals surface area contributed by atoms with Gasteiger partial charge in [-0.1, -0.05) is 19.1 Å². The topological polar surface area (TPSA) is 28.2 Å². The molecule has 0 radical (unpaired) electrons. The molecule has 2 aromatic rings. The van der Waals surface area contributed by atoms with E-state index in [0.29, 0.717) is 0 Å². The third-order valence-corrected chi connectivity index (χ3v) is 3.30. The van der Waals surface area contributed by atoms with Crippen molar-refractivity contribution in [2.45, 2.75) is 26.8 Å². The summed E-state index contributed by atoms with van der Waals surface area (Å²) < 4.78 is 0. The Labute approximate surface area is 121 Å². The predicted octanol–water partition coefficient (Wildman–Crippen LogP) is 3.66. The van der Waals surface area contributed by atoms with Crippen LogP contribution < -0.4 is 10.2 Å². The second-order valence-electron chi connectivity index (χ2n) is 5.10. The summed E-state index contributed by atoms with van der Waals surface area (Å²) in [5.74, 6) is 0.978. The van der Waals surface area contributed by atoms with Gasteiger partial charge in [-0.25, -0.2) is 4.98 Å². The van der Waals surface area contributed by atoms with Gasteiger partial charge in [-0.3, -0.25) is 0 Å². The largest absolute Gasteiger partial charge is 0.329 e. The number of hydrogen-bond donors (Lipinski definition) is 1. The normalized spacial score (nSPS) is 10.6. The van der Waals surface area contributed by atoms with Crippen molar-refractivity contribution in [3.8, 4) is 0 Å². The number of aromatic nitrogens is 1. The number of aryl methyl sites for hydroxylation is 1. The molecule has 0 saturated carbocycles. The first-order chi connectivity index (χ1) is 9.70. The van der Waals surface area contributed by atoms with E-state index in [9.17, 15) is 0 Å². The molecule has 2 rings (SSSR count). The first kappa shape index (κ1) is 14.5. The summed E-state index contributed by atoms with van der Waals surface area (Å²) in [5.41, 5.74) is 3.69. The SMILES string of the molecule is CCCNCc1ccnc(N(C)c2cccc(C)c2)c1. The predicted molar refractivity (Wildman–Crippen MR) is 85.5 cm³/mol. The van der Waals surface area contributed by atoms with E-state index < -0.39 is 0 Å². The Bertz CT molecular complexity index is 551. The standard InChI is InChI=1S/C17H23N3/c1-4-9-18-13-15-8-10-19-17(12-15)20(3)16-7-5-6-14(2)11-16/h5-8,10-12,18H,4,9,13H2,1-3H3. The van der Waals surface area contributed by atoms with Gasteiger partial charge < -0.3 is 10.2 Å². The van der Waals surface area contributed by atoms with Gasteiger partial charge in [0, 0.05) is 25.5 Å². The van der Waals surface area contributed by atoms with Crippen LogP contribution >= 0.6 is 0 Å². The zero-order valence-electron chi connectivity index (χ0n) is 12.6. The molecule has 0 aliphatic carbocycles. The molecule has 0 amide bonds. The molecule has 0 spiro atoms. The highest BCUT2D eigenvalue weighted by atomic mass is 15.2. The van der Waals surface area contributed by atoms with Crippen molar-refractivity contribution in [1.29, 1.82) is 0 Å².